The van der Waals surface area contributed by atoms with Gasteiger partial charge in [-0.05, 0) is 60.9 Å². The molecule has 2 atom stereocenters. The second-order valence-electron chi connectivity index (χ2n) is 13.0. The number of furan rings is 1. The number of nitrogens with zero attached hydrogens (tertiary/aromatic N) is 1. The zero-order chi connectivity index (χ0) is 39.9. The van der Waals surface area contributed by atoms with Crippen molar-refractivity contribution >= 4 is 113 Å². The number of phosphoric acid groups is 1. The van der Waals surface area contributed by atoms with Crippen LogP contribution in [0.5, 0.6) is 0 Å². The largest absolute Gasteiger partial charge is 0.469 e. The number of nitrogens with one attached hydrogen (secondary N) is 2. The standard InChI is InChI=1S/C40H38N3O12P.2Na/c1-26(28-10-4-3-5-11-28)41-37(45)40(2,42-38(46)51-24-32-20-30-12-6-9-15-35(30)55-32)21-31-22-43(34-14-8-7-13-33(31)34)39(47)53-25-52-36(44)29-18-16-27(17-19-29)23-54-56(48,49)50;;/h3-20,22,26H,21,23-25H2,1-2H3,(H,41,45)(H,42,46)(H2,48,49,50);;. The Morgan fingerprint density at radius 2 is 1.52 bits per heavy atom. The summed E-state index contributed by atoms with van der Waals surface area (Å²) in [5.41, 5.74) is 1.33. The molecule has 2 radical (unpaired) electrons. The second kappa shape index (κ2) is 20.6. The van der Waals surface area contributed by atoms with Gasteiger partial charge in [0, 0.05) is 82.5 Å². The van der Waals surface area contributed by atoms with Crippen LogP contribution in [-0.4, -0.2) is 110 Å². The van der Waals surface area contributed by atoms with Gasteiger partial charge in [-0.25, -0.2) is 18.9 Å². The van der Waals surface area contributed by atoms with Gasteiger partial charge in [0.2, 0.25) is 12.7 Å². The summed E-state index contributed by atoms with van der Waals surface area (Å²) in [4.78, 5) is 71.1. The Hall–Kier alpha value is -4.25. The maximum Gasteiger partial charge on any atom is 0.469 e. The SMILES string of the molecule is CC(NC(=O)C(C)(Cc1cn(C(=O)OCOC(=O)c2ccc(COP(=O)(O)O)cc2)c2ccccc12)NC(=O)OCc1cc2ccccc2o1)c1ccccc1.[Na].[Na]. The van der Waals surface area contributed by atoms with Crippen LogP contribution in [0, 0.1) is 0 Å². The molecule has 58 heavy (non-hydrogen) atoms. The van der Waals surface area contributed by atoms with E-state index in [2.05, 4.69) is 15.2 Å². The molecule has 2 aromatic heterocycles. The van der Waals surface area contributed by atoms with Gasteiger partial charge in [-0.1, -0.05) is 78.9 Å². The van der Waals surface area contributed by atoms with E-state index in [0.29, 0.717) is 33.4 Å². The van der Waals surface area contributed by atoms with E-state index in [-0.39, 0.29) is 84.3 Å². The molecule has 0 fully saturated rings. The number of aromatic nitrogens is 1. The fourth-order valence-corrected chi connectivity index (χ4v) is 6.29. The van der Waals surface area contributed by atoms with Crippen molar-refractivity contribution in [3.05, 3.63) is 143 Å². The molecule has 0 saturated carbocycles. The second-order valence-corrected chi connectivity index (χ2v) is 14.3. The average molecular weight is 830 g/mol. The van der Waals surface area contributed by atoms with Crippen molar-refractivity contribution in [3.63, 3.8) is 0 Å². The molecule has 4 aromatic carbocycles. The summed E-state index contributed by atoms with van der Waals surface area (Å²) in [6.45, 7) is 2.09. The first kappa shape index (κ1) is 46.4. The summed E-state index contributed by atoms with van der Waals surface area (Å²) in [7, 11) is -4.66. The minimum absolute atomic E-state index is 0. The maximum atomic E-state index is 14.1. The van der Waals surface area contributed by atoms with E-state index in [1.807, 2.05) is 55.5 Å². The van der Waals surface area contributed by atoms with Crippen molar-refractivity contribution in [2.75, 3.05) is 6.79 Å². The molecular formula is C40H38N3Na2O12P. The van der Waals surface area contributed by atoms with Gasteiger partial charge in [-0.3, -0.25) is 13.9 Å². The van der Waals surface area contributed by atoms with Crippen molar-refractivity contribution in [1.82, 2.24) is 15.2 Å². The Morgan fingerprint density at radius 1 is 0.845 bits per heavy atom. The molecule has 6 rings (SSSR count). The predicted octanol–water partition coefficient (Wildman–Crippen LogP) is 6.14. The van der Waals surface area contributed by atoms with Crippen LogP contribution in [-0.2, 0) is 47.7 Å². The smallest absolute Gasteiger partial charge is 0.457 e. The minimum atomic E-state index is -4.66. The van der Waals surface area contributed by atoms with Crippen LogP contribution in [0.15, 0.2) is 120 Å². The van der Waals surface area contributed by atoms with E-state index in [1.54, 1.807) is 43.3 Å². The number of hydrogen-bond acceptors (Lipinski definition) is 10. The number of hydrogen-bond donors (Lipinski definition) is 4. The van der Waals surface area contributed by atoms with Crippen LogP contribution >= 0.6 is 7.82 Å². The molecule has 0 bridgehead atoms. The third kappa shape index (κ3) is 12.1. The molecule has 0 aliphatic carbocycles. The summed E-state index contributed by atoms with van der Waals surface area (Å²) in [6.07, 6.45) is -0.344. The Labute approximate surface area is 377 Å². The number of esters is 1. The van der Waals surface area contributed by atoms with Crippen molar-refractivity contribution in [3.8, 4) is 0 Å². The summed E-state index contributed by atoms with van der Waals surface area (Å²) >= 11 is 0. The van der Waals surface area contributed by atoms with E-state index >= 15 is 0 Å². The van der Waals surface area contributed by atoms with Crippen LogP contribution in [0.1, 0.15) is 52.7 Å². The number of fused-ring (bicyclic) bond motifs is 2. The monoisotopic (exact) mass is 829 g/mol. The van der Waals surface area contributed by atoms with Crippen molar-refractivity contribution in [2.24, 2.45) is 0 Å². The molecule has 2 amide bonds. The number of benzene rings is 4. The Morgan fingerprint density at radius 3 is 2.22 bits per heavy atom. The first-order valence-corrected chi connectivity index (χ1v) is 18.8. The van der Waals surface area contributed by atoms with Crippen LogP contribution in [0.25, 0.3) is 21.9 Å². The van der Waals surface area contributed by atoms with Gasteiger partial charge >= 0.3 is 26.0 Å². The summed E-state index contributed by atoms with van der Waals surface area (Å²) in [5, 5.41) is 7.17. The summed E-state index contributed by atoms with van der Waals surface area (Å²) in [6, 6.07) is 30.5. The van der Waals surface area contributed by atoms with E-state index in [0.717, 1.165) is 10.9 Å². The van der Waals surface area contributed by atoms with Crippen LogP contribution in [0.2, 0.25) is 0 Å². The summed E-state index contributed by atoms with van der Waals surface area (Å²) in [5.74, 6) is -0.909. The summed E-state index contributed by atoms with van der Waals surface area (Å²) < 4.78 is 38.3. The van der Waals surface area contributed by atoms with Gasteiger partial charge in [0.25, 0.3) is 0 Å². The van der Waals surface area contributed by atoms with Crippen molar-refractivity contribution in [2.45, 2.75) is 45.1 Å². The van der Waals surface area contributed by atoms with Gasteiger partial charge < -0.3 is 39.0 Å². The third-order valence-corrected chi connectivity index (χ3v) is 9.31. The Bertz CT molecular complexity index is 2380. The number of amides is 2. The molecule has 0 aliphatic rings. The quantitative estimate of drug-likeness (QED) is 0.0423. The third-order valence-electron chi connectivity index (χ3n) is 8.84. The number of carbonyl (C=O) groups is 4. The van der Waals surface area contributed by atoms with E-state index in [4.69, 9.17) is 28.4 Å². The molecular weight excluding hydrogens is 791 g/mol. The first-order valence-electron chi connectivity index (χ1n) is 17.3. The maximum absolute atomic E-state index is 14.1. The van der Waals surface area contributed by atoms with Gasteiger partial charge in [0.15, 0.2) is 6.61 Å². The average Bonchev–Trinajstić information content (AvgIpc) is 3.77. The first-order chi connectivity index (χ1) is 26.8. The molecule has 0 saturated heterocycles. The zero-order valence-corrected chi connectivity index (χ0v) is 37.1. The number of rotatable bonds is 14. The van der Waals surface area contributed by atoms with Gasteiger partial charge in [-0.15, -0.1) is 0 Å². The van der Waals surface area contributed by atoms with E-state index in [1.165, 1.54) is 35.0 Å². The normalized spacial score (nSPS) is 12.6. The number of para-hydroxylation sites is 2. The molecule has 18 heteroatoms. The molecule has 2 unspecified atom stereocenters. The number of phosphoric ester groups is 1. The van der Waals surface area contributed by atoms with Gasteiger partial charge in [0.1, 0.15) is 16.9 Å². The van der Waals surface area contributed by atoms with E-state index < -0.39 is 50.3 Å². The van der Waals surface area contributed by atoms with Crippen LogP contribution < -0.4 is 10.6 Å². The van der Waals surface area contributed by atoms with Crippen molar-refractivity contribution in [1.29, 1.82) is 0 Å². The predicted molar refractivity (Wildman–Crippen MR) is 214 cm³/mol. The van der Waals surface area contributed by atoms with Gasteiger partial charge in [-0.2, -0.15) is 0 Å². The van der Waals surface area contributed by atoms with Crippen LogP contribution in [0.4, 0.5) is 9.59 Å². The number of ether oxygens (including phenoxy) is 3. The zero-order valence-electron chi connectivity index (χ0n) is 32.2. The Balaban J connectivity index is 0.00000372. The number of carbonyl (C=O) groups excluding carboxylic acids is 4. The molecule has 15 nitrogen and oxygen atoms in total. The minimum Gasteiger partial charge on any atom is -0.457 e. The fourth-order valence-electron chi connectivity index (χ4n) is 5.97. The molecule has 0 aliphatic heterocycles. The van der Waals surface area contributed by atoms with Crippen molar-refractivity contribution < 1.29 is 56.7 Å². The number of alkyl carbamates (subject to hydrolysis) is 1. The molecule has 292 valence electrons. The van der Waals surface area contributed by atoms with Gasteiger partial charge in [0.05, 0.1) is 23.7 Å². The molecule has 2 heterocycles. The van der Waals surface area contributed by atoms with Crippen LogP contribution in [0.3, 0.4) is 0 Å². The fraction of sp³-hybridized carbons (Fsp3) is 0.200. The molecule has 6 aromatic rings. The molecule has 4 N–H and O–H groups in total. The molecule has 0 spiro atoms. The van der Waals surface area contributed by atoms with E-state index in [9.17, 15) is 23.7 Å². The topological polar surface area (TPSA) is 205 Å². The Kier molecular flexibility index (Phi) is 16.5.